The quantitative estimate of drug-likeness (QED) is 0.744. The minimum absolute atomic E-state index is 0.229. The second-order valence-electron chi connectivity index (χ2n) is 5.63. The average Bonchev–Trinajstić information content (AvgIpc) is 2.15. The minimum Gasteiger partial charge on any atom is -0.444 e. The molecule has 0 spiro atoms. The molecule has 1 saturated heterocycles. The van der Waals surface area contributed by atoms with Crippen LogP contribution in [0, 0.1) is 5.92 Å². The first-order chi connectivity index (χ1) is 7.31. The van der Waals surface area contributed by atoms with Gasteiger partial charge in [-0.2, -0.15) is 0 Å². The zero-order valence-electron chi connectivity index (χ0n) is 11.0. The number of amides is 1. The molecule has 16 heavy (non-hydrogen) atoms. The van der Waals surface area contributed by atoms with Gasteiger partial charge in [-0.15, -0.1) is 0 Å². The highest BCUT2D eigenvalue weighted by Gasteiger charge is 2.30. The molecular weight excluding hydrogens is 204 g/mol. The molecule has 2 atom stereocenters. The van der Waals surface area contributed by atoms with E-state index in [4.69, 9.17) is 4.74 Å². The monoisotopic (exact) mass is 228 g/mol. The maximum absolute atomic E-state index is 11.9. The van der Waals surface area contributed by atoms with Gasteiger partial charge in [-0.05, 0) is 39.7 Å². The summed E-state index contributed by atoms with van der Waals surface area (Å²) in [6, 6.07) is 0.239. The Kier molecular flexibility index (Phi) is 4.19. The molecule has 1 amide bonds. The second kappa shape index (κ2) is 5.04. The van der Waals surface area contributed by atoms with Gasteiger partial charge < -0.3 is 15.0 Å². The van der Waals surface area contributed by atoms with Gasteiger partial charge in [0.25, 0.3) is 0 Å². The van der Waals surface area contributed by atoms with Crippen LogP contribution in [0.3, 0.4) is 0 Å². The maximum atomic E-state index is 11.9. The van der Waals surface area contributed by atoms with Gasteiger partial charge in [-0.25, -0.2) is 4.79 Å². The summed E-state index contributed by atoms with van der Waals surface area (Å²) in [5.41, 5.74) is -0.420. The predicted molar refractivity (Wildman–Crippen MR) is 64.4 cm³/mol. The molecule has 0 aromatic heterocycles. The van der Waals surface area contributed by atoms with Gasteiger partial charge in [0.05, 0.1) is 0 Å². The number of nitrogens with one attached hydrogen (secondary N) is 1. The van der Waals surface area contributed by atoms with Crippen molar-refractivity contribution in [2.24, 2.45) is 5.92 Å². The van der Waals surface area contributed by atoms with Crippen molar-refractivity contribution in [1.29, 1.82) is 0 Å². The predicted octanol–water partition coefficient (Wildman–Crippen LogP) is 1.85. The van der Waals surface area contributed by atoms with E-state index in [2.05, 4.69) is 12.2 Å². The van der Waals surface area contributed by atoms with Crippen LogP contribution >= 0.6 is 0 Å². The fourth-order valence-corrected chi connectivity index (χ4v) is 1.96. The van der Waals surface area contributed by atoms with Crippen molar-refractivity contribution in [3.05, 3.63) is 0 Å². The van der Waals surface area contributed by atoms with Crippen molar-refractivity contribution in [2.75, 3.05) is 20.1 Å². The lowest BCUT2D eigenvalue weighted by Crippen LogP contribution is -2.52. The van der Waals surface area contributed by atoms with Gasteiger partial charge in [0.15, 0.2) is 0 Å². The van der Waals surface area contributed by atoms with E-state index in [0.717, 1.165) is 19.5 Å². The molecule has 1 N–H and O–H groups in total. The number of likely N-dealkylation sites (N-methyl/N-ethyl adjacent to an activating group) is 1. The number of carbonyl (C=O) groups excluding carboxylic acids is 1. The molecule has 1 heterocycles. The molecule has 0 unspecified atom stereocenters. The molecule has 1 aliphatic heterocycles. The largest absolute Gasteiger partial charge is 0.444 e. The van der Waals surface area contributed by atoms with E-state index in [1.54, 1.807) is 4.90 Å². The van der Waals surface area contributed by atoms with Crippen LogP contribution in [0.2, 0.25) is 0 Å². The van der Waals surface area contributed by atoms with E-state index in [-0.39, 0.29) is 12.1 Å². The summed E-state index contributed by atoms with van der Waals surface area (Å²) in [6.45, 7) is 9.76. The van der Waals surface area contributed by atoms with Crippen LogP contribution in [0.5, 0.6) is 0 Å². The van der Waals surface area contributed by atoms with Gasteiger partial charge in [-0.1, -0.05) is 6.92 Å². The zero-order chi connectivity index (χ0) is 12.3. The van der Waals surface area contributed by atoms with E-state index in [1.807, 2.05) is 27.8 Å². The molecule has 0 aromatic rings. The smallest absolute Gasteiger partial charge is 0.410 e. The Bertz CT molecular complexity index is 248. The molecular formula is C12H24N2O2. The Balaban J connectivity index is 2.55. The summed E-state index contributed by atoms with van der Waals surface area (Å²) >= 11 is 0. The third kappa shape index (κ3) is 3.67. The lowest BCUT2D eigenvalue weighted by Gasteiger charge is -2.37. The molecule has 1 fully saturated rings. The summed E-state index contributed by atoms with van der Waals surface area (Å²) < 4.78 is 5.36. The molecule has 1 aliphatic rings. The summed E-state index contributed by atoms with van der Waals surface area (Å²) in [5, 5.41) is 3.31. The van der Waals surface area contributed by atoms with E-state index < -0.39 is 5.60 Å². The van der Waals surface area contributed by atoms with E-state index in [0.29, 0.717) is 5.92 Å². The molecule has 0 aromatic carbocycles. The lowest BCUT2D eigenvalue weighted by atomic mass is 9.94. The second-order valence-corrected chi connectivity index (χ2v) is 5.63. The Morgan fingerprint density at radius 3 is 2.56 bits per heavy atom. The van der Waals surface area contributed by atoms with Gasteiger partial charge in [-0.3, -0.25) is 0 Å². The van der Waals surface area contributed by atoms with Crippen molar-refractivity contribution in [2.45, 2.75) is 45.8 Å². The highest BCUT2D eigenvalue weighted by molar-refractivity contribution is 5.68. The van der Waals surface area contributed by atoms with Crippen LogP contribution in [0.4, 0.5) is 4.79 Å². The van der Waals surface area contributed by atoms with Crippen LogP contribution in [-0.4, -0.2) is 42.8 Å². The molecule has 0 bridgehead atoms. The first-order valence-electron chi connectivity index (χ1n) is 5.98. The summed E-state index contributed by atoms with van der Waals surface area (Å²) in [4.78, 5) is 13.6. The topological polar surface area (TPSA) is 41.6 Å². The number of carbonyl (C=O) groups is 1. The van der Waals surface area contributed by atoms with Gasteiger partial charge in [0.2, 0.25) is 0 Å². The van der Waals surface area contributed by atoms with E-state index in [9.17, 15) is 4.79 Å². The Morgan fingerprint density at radius 1 is 1.44 bits per heavy atom. The SMILES string of the molecule is C[C@H]1CCNC[C@H]1N(C)C(=O)OC(C)(C)C. The van der Waals surface area contributed by atoms with Crippen molar-refractivity contribution < 1.29 is 9.53 Å². The first kappa shape index (κ1) is 13.3. The van der Waals surface area contributed by atoms with Gasteiger partial charge in [0.1, 0.15) is 5.60 Å². The summed E-state index contributed by atoms with van der Waals surface area (Å²) in [5.74, 6) is 0.527. The Hall–Kier alpha value is -0.770. The molecule has 0 saturated carbocycles. The van der Waals surface area contributed by atoms with E-state index >= 15 is 0 Å². The Morgan fingerprint density at radius 2 is 2.06 bits per heavy atom. The number of nitrogens with zero attached hydrogens (tertiary/aromatic N) is 1. The van der Waals surface area contributed by atoms with Crippen LogP contribution in [-0.2, 0) is 4.74 Å². The highest BCUT2D eigenvalue weighted by atomic mass is 16.6. The number of rotatable bonds is 1. The van der Waals surface area contributed by atoms with E-state index in [1.165, 1.54) is 0 Å². The third-order valence-electron chi connectivity index (χ3n) is 2.97. The molecule has 0 radical (unpaired) electrons. The fraction of sp³-hybridized carbons (Fsp3) is 0.917. The molecule has 94 valence electrons. The van der Waals surface area contributed by atoms with Crippen LogP contribution < -0.4 is 5.32 Å². The zero-order valence-corrected chi connectivity index (χ0v) is 11.0. The number of piperidine rings is 1. The minimum atomic E-state index is -0.420. The number of ether oxygens (including phenoxy) is 1. The van der Waals surface area contributed by atoms with Crippen LogP contribution in [0.1, 0.15) is 34.1 Å². The molecule has 1 rings (SSSR count). The van der Waals surface area contributed by atoms with Crippen LogP contribution in [0.25, 0.3) is 0 Å². The summed E-state index contributed by atoms with van der Waals surface area (Å²) in [7, 11) is 1.82. The normalized spacial score (nSPS) is 26.3. The number of hydrogen-bond acceptors (Lipinski definition) is 3. The molecule has 0 aliphatic carbocycles. The molecule has 4 nitrogen and oxygen atoms in total. The van der Waals surface area contributed by atoms with Crippen molar-refractivity contribution >= 4 is 6.09 Å². The average molecular weight is 228 g/mol. The molecule has 4 heteroatoms. The third-order valence-corrected chi connectivity index (χ3v) is 2.97. The highest BCUT2D eigenvalue weighted by Crippen LogP contribution is 2.18. The fourth-order valence-electron chi connectivity index (χ4n) is 1.96. The van der Waals surface area contributed by atoms with Gasteiger partial charge in [0, 0.05) is 19.6 Å². The lowest BCUT2D eigenvalue weighted by molar-refractivity contribution is 0.0146. The van der Waals surface area contributed by atoms with Crippen molar-refractivity contribution in [1.82, 2.24) is 10.2 Å². The van der Waals surface area contributed by atoms with Crippen molar-refractivity contribution in [3.8, 4) is 0 Å². The number of hydrogen-bond donors (Lipinski definition) is 1. The Labute approximate surface area is 98.3 Å². The standard InChI is InChI=1S/C12H24N2O2/c1-9-6-7-13-8-10(9)14(5)11(15)16-12(2,3)4/h9-10,13H,6-8H2,1-5H3/t9-,10+/m0/s1. The maximum Gasteiger partial charge on any atom is 0.410 e. The first-order valence-corrected chi connectivity index (χ1v) is 5.98. The summed E-state index contributed by atoms with van der Waals surface area (Å²) in [6.07, 6.45) is 0.880. The van der Waals surface area contributed by atoms with Gasteiger partial charge >= 0.3 is 6.09 Å². The van der Waals surface area contributed by atoms with Crippen LogP contribution in [0.15, 0.2) is 0 Å². The van der Waals surface area contributed by atoms with Crippen molar-refractivity contribution in [3.63, 3.8) is 0 Å².